The minimum absolute atomic E-state index is 0.181. The molecule has 0 unspecified atom stereocenters. The molecule has 0 saturated heterocycles. The van der Waals surface area contributed by atoms with Crippen LogP contribution in [0.4, 0.5) is 0 Å². The molecule has 0 aliphatic carbocycles. The van der Waals surface area contributed by atoms with Crippen LogP contribution in [0.25, 0.3) is 0 Å². The van der Waals surface area contributed by atoms with Gasteiger partial charge in [0.25, 0.3) is 0 Å². The number of carbonyl (C=O) groups is 1. The van der Waals surface area contributed by atoms with Gasteiger partial charge >= 0.3 is 5.97 Å². The van der Waals surface area contributed by atoms with Crippen molar-refractivity contribution in [3.63, 3.8) is 0 Å². The summed E-state index contributed by atoms with van der Waals surface area (Å²) in [5, 5.41) is 10.2. The second-order valence-corrected chi connectivity index (χ2v) is 3.78. The first kappa shape index (κ1) is 11.3. The molecular weight excluding hydrogens is 315 g/mol. The number of carbonyl (C=O) groups excluding carboxylic acids is 1. The zero-order chi connectivity index (χ0) is 10.4. The molecule has 14 heavy (non-hydrogen) atoms. The molecule has 0 aliphatic heterocycles. The zero-order valence-electron chi connectivity index (χ0n) is 7.15. The maximum Gasteiger partial charge on any atom is 0.358 e. The Hall–Kier alpha value is -0.810. The van der Waals surface area contributed by atoms with Gasteiger partial charge in [0.2, 0.25) is 0 Å². The van der Waals surface area contributed by atoms with Gasteiger partial charge in [-0.05, 0) is 32.2 Å². The van der Waals surface area contributed by atoms with Crippen molar-refractivity contribution in [1.82, 2.24) is 10.2 Å². The smallest absolute Gasteiger partial charge is 0.358 e. The summed E-state index contributed by atoms with van der Waals surface area (Å²) < 4.78 is 4.47. The first-order valence-corrected chi connectivity index (χ1v) is 6.84. The molecule has 0 atom stereocenters. The van der Waals surface area contributed by atoms with Crippen LogP contribution in [0.15, 0.2) is 12.1 Å². The number of ether oxygens (including phenoxy) is 1. The highest BCUT2D eigenvalue weighted by molar-refractivity contribution is 14.2. The first-order chi connectivity index (χ1) is 6.77. The van der Waals surface area contributed by atoms with Crippen LogP contribution >= 0.6 is 30.1 Å². The quantitative estimate of drug-likeness (QED) is 0.447. The van der Waals surface area contributed by atoms with Crippen molar-refractivity contribution < 1.29 is 9.53 Å². The SMILES string of the molecule is COC(=O)c1ccc(C#CSI)nn1. The third kappa shape index (κ3) is 3.16. The molecule has 0 radical (unpaired) electrons. The van der Waals surface area contributed by atoms with E-state index in [1.54, 1.807) is 6.07 Å². The Morgan fingerprint density at radius 3 is 2.86 bits per heavy atom. The summed E-state index contributed by atoms with van der Waals surface area (Å²) in [5.41, 5.74) is 0.710. The van der Waals surface area contributed by atoms with E-state index in [1.165, 1.54) is 22.1 Å². The number of hydrogen-bond acceptors (Lipinski definition) is 5. The van der Waals surface area contributed by atoms with E-state index < -0.39 is 5.97 Å². The molecule has 1 aromatic rings. The van der Waals surface area contributed by atoms with Crippen molar-refractivity contribution in [2.75, 3.05) is 7.11 Å². The molecule has 6 heteroatoms. The van der Waals surface area contributed by atoms with Gasteiger partial charge in [0.05, 0.1) is 7.11 Å². The molecule has 0 fully saturated rings. The molecule has 0 amide bonds. The fourth-order valence-electron chi connectivity index (χ4n) is 0.684. The highest BCUT2D eigenvalue weighted by atomic mass is 127. The Kier molecular flexibility index (Phi) is 4.69. The molecule has 72 valence electrons. The lowest BCUT2D eigenvalue weighted by molar-refractivity contribution is 0.0592. The lowest BCUT2D eigenvalue weighted by atomic mass is 10.3. The third-order valence-corrected chi connectivity index (χ3v) is 2.12. The fourth-order valence-corrected chi connectivity index (χ4v) is 1.16. The number of halogens is 1. The average Bonchev–Trinajstić information content (AvgIpc) is 2.26. The van der Waals surface area contributed by atoms with Crippen molar-refractivity contribution in [2.24, 2.45) is 0 Å². The maximum absolute atomic E-state index is 11.0. The largest absolute Gasteiger partial charge is 0.464 e. The van der Waals surface area contributed by atoms with Crippen LogP contribution in [-0.4, -0.2) is 23.3 Å². The van der Waals surface area contributed by atoms with Gasteiger partial charge < -0.3 is 4.74 Å². The number of methoxy groups -OCH3 is 1. The van der Waals surface area contributed by atoms with E-state index in [0.29, 0.717) is 5.69 Å². The normalized spacial score (nSPS) is 8.71. The molecule has 0 N–H and O–H groups in total. The second kappa shape index (κ2) is 5.82. The average molecular weight is 320 g/mol. The van der Waals surface area contributed by atoms with E-state index >= 15 is 0 Å². The highest BCUT2D eigenvalue weighted by Crippen LogP contribution is 2.07. The lowest BCUT2D eigenvalue weighted by Gasteiger charge is -1.95. The number of esters is 1. The minimum atomic E-state index is -0.500. The van der Waals surface area contributed by atoms with Crippen LogP contribution in [0.1, 0.15) is 16.2 Å². The monoisotopic (exact) mass is 320 g/mol. The predicted molar refractivity (Wildman–Crippen MR) is 61.9 cm³/mol. The highest BCUT2D eigenvalue weighted by Gasteiger charge is 2.06. The van der Waals surface area contributed by atoms with Gasteiger partial charge in [0.1, 0.15) is 5.69 Å². The molecular formula is C8H5IN2O2S. The predicted octanol–water partition coefficient (Wildman–Crippen LogP) is 1.66. The first-order valence-electron chi connectivity index (χ1n) is 3.48. The van der Waals surface area contributed by atoms with Gasteiger partial charge in [-0.3, -0.25) is 0 Å². The van der Waals surface area contributed by atoms with E-state index in [9.17, 15) is 4.79 Å². The Bertz CT molecular complexity index is 383. The van der Waals surface area contributed by atoms with Crippen molar-refractivity contribution in [3.8, 4) is 11.2 Å². The van der Waals surface area contributed by atoms with Crippen molar-refractivity contribution >= 4 is 36.1 Å². The van der Waals surface area contributed by atoms with Crippen LogP contribution in [-0.2, 0) is 4.74 Å². The molecule has 0 saturated carbocycles. The Labute approximate surface area is 97.4 Å². The summed E-state index contributed by atoms with van der Waals surface area (Å²) in [6, 6.07) is 3.15. The van der Waals surface area contributed by atoms with Gasteiger partial charge in [-0.1, -0.05) is 0 Å². The number of aromatic nitrogens is 2. The van der Waals surface area contributed by atoms with E-state index in [0.717, 1.165) is 0 Å². The summed E-state index contributed by atoms with van der Waals surface area (Å²) in [6.07, 6.45) is 0. The Balaban J connectivity index is 2.83. The summed E-state index contributed by atoms with van der Waals surface area (Å²) >= 11 is 2.06. The molecule has 1 aromatic heterocycles. The summed E-state index contributed by atoms with van der Waals surface area (Å²) in [5.74, 6) is 2.26. The molecule has 1 heterocycles. The van der Waals surface area contributed by atoms with Gasteiger partial charge in [0.15, 0.2) is 5.69 Å². The number of rotatable bonds is 1. The zero-order valence-corrected chi connectivity index (χ0v) is 10.1. The number of nitrogens with zero attached hydrogens (tertiary/aromatic N) is 2. The standard InChI is InChI=1S/C8H5IN2O2S/c1-13-8(12)7-3-2-6(10-11-7)4-5-14-9/h2-3H,1H3. The summed E-state index contributed by atoms with van der Waals surface area (Å²) in [6.45, 7) is 0. The van der Waals surface area contributed by atoms with Crippen LogP contribution < -0.4 is 0 Å². The van der Waals surface area contributed by atoms with E-state index in [4.69, 9.17) is 0 Å². The van der Waals surface area contributed by atoms with Gasteiger partial charge in [-0.15, -0.1) is 10.2 Å². The molecule has 1 rings (SSSR count). The fraction of sp³-hybridized carbons (Fsp3) is 0.125. The Morgan fingerprint density at radius 2 is 2.36 bits per heavy atom. The maximum atomic E-state index is 11.0. The third-order valence-electron chi connectivity index (χ3n) is 1.28. The minimum Gasteiger partial charge on any atom is -0.464 e. The molecule has 0 aromatic carbocycles. The molecule has 0 aliphatic rings. The molecule has 4 nitrogen and oxygen atoms in total. The van der Waals surface area contributed by atoms with Gasteiger partial charge in [-0.2, -0.15) is 0 Å². The van der Waals surface area contributed by atoms with Crippen molar-refractivity contribution in [2.45, 2.75) is 0 Å². The van der Waals surface area contributed by atoms with Crippen LogP contribution in [0, 0.1) is 11.2 Å². The molecule has 0 spiro atoms. The second-order valence-electron chi connectivity index (χ2n) is 2.10. The number of hydrogen-bond donors (Lipinski definition) is 0. The molecule has 0 bridgehead atoms. The Morgan fingerprint density at radius 1 is 1.57 bits per heavy atom. The van der Waals surface area contributed by atoms with Crippen LogP contribution in [0.2, 0.25) is 0 Å². The van der Waals surface area contributed by atoms with Crippen LogP contribution in [0.3, 0.4) is 0 Å². The van der Waals surface area contributed by atoms with Crippen LogP contribution in [0.5, 0.6) is 0 Å². The summed E-state index contributed by atoms with van der Waals surface area (Å²) in [7, 11) is 2.66. The topological polar surface area (TPSA) is 52.1 Å². The van der Waals surface area contributed by atoms with E-state index in [1.807, 2.05) is 0 Å². The van der Waals surface area contributed by atoms with Crippen molar-refractivity contribution in [3.05, 3.63) is 23.5 Å². The van der Waals surface area contributed by atoms with Gasteiger partial charge in [0, 0.05) is 21.2 Å². The van der Waals surface area contributed by atoms with Crippen molar-refractivity contribution in [1.29, 1.82) is 0 Å². The summed E-state index contributed by atoms with van der Waals surface area (Å²) in [4.78, 5) is 11.0. The lowest BCUT2D eigenvalue weighted by Crippen LogP contribution is -2.05. The van der Waals surface area contributed by atoms with E-state index in [2.05, 4.69) is 47.3 Å². The van der Waals surface area contributed by atoms with Gasteiger partial charge in [-0.25, -0.2) is 4.79 Å². The van der Waals surface area contributed by atoms with E-state index in [-0.39, 0.29) is 5.69 Å².